The van der Waals surface area contributed by atoms with Crippen molar-refractivity contribution in [1.82, 2.24) is 10.2 Å². The molecule has 32 heavy (non-hydrogen) atoms. The van der Waals surface area contributed by atoms with Crippen molar-refractivity contribution in [2.24, 2.45) is 4.99 Å². The summed E-state index contributed by atoms with van der Waals surface area (Å²) in [6.07, 6.45) is 4.29. The molecular formula is C24H24ClN3O4. The largest absolute Gasteiger partial charge is 0.478 e. The minimum Gasteiger partial charge on any atom is -0.478 e. The average molecular weight is 454 g/mol. The highest BCUT2D eigenvalue weighted by Gasteiger charge is 2.22. The molecule has 1 saturated heterocycles. The number of nitrogens with one attached hydrogen (secondary N) is 1. The molecule has 0 unspecified atom stereocenters. The number of amidine groups is 1. The molecule has 2 aromatic carbocycles. The number of hydrogen-bond donors (Lipinski definition) is 3. The third kappa shape index (κ3) is 6.54. The third-order valence-corrected chi connectivity index (χ3v) is 5.15. The maximum atomic E-state index is 9.55. The lowest BCUT2D eigenvalue weighted by Gasteiger charge is -2.31. The summed E-state index contributed by atoms with van der Waals surface area (Å²) in [6.45, 7) is 3.92. The predicted octanol–water partition coefficient (Wildman–Crippen LogP) is 3.63. The van der Waals surface area contributed by atoms with Crippen molar-refractivity contribution in [3.63, 3.8) is 0 Å². The Morgan fingerprint density at radius 2 is 1.66 bits per heavy atom. The molecular weight excluding hydrogens is 430 g/mol. The first kappa shape index (κ1) is 23.2. The van der Waals surface area contributed by atoms with Gasteiger partial charge in [-0.1, -0.05) is 54.1 Å². The van der Waals surface area contributed by atoms with E-state index < -0.39 is 11.9 Å². The van der Waals surface area contributed by atoms with Crippen LogP contribution in [0, 0.1) is 0 Å². The number of benzene rings is 2. The quantitative estimate of drug-likeness (QED) is 0.613. The van der Waals surface area contributed by atoms with Crippen molar-refractivity contribution >= 4 is 40.6 Å². The number of aliphatic imine (C=N–C) groups is 1. The number of halogens is 1. The zero-order valence-corrected chi connectivity index (χ0v) is 18.1. The van der Waals surface area contributed by atoms with Gasteiger partial charge in [-0.3, -0.25) is 0 Å². The van der Waals surface area contributed by atoms with Gasteiger partial charge in [0, 0.05) is 48.9 Å². The van der Waals surface area contributed by atoms with E-state index in [1.54, 1.807) is 0 Å². The molecule has 1 fully saturated rings. The molecule has 2 heterocycles. The number of rotatable bonds is 3. The van der Waals surface area contributed by atoms with Crippen LogP contribution in [0.5, 0.6) is 0 Å². The molecule has 0 saturated carbocycles. The van der Waals surface area contributed by atoms with Crippen LogP contribution in [0.2, 0.25) is 5.02 Å². The topological polar surface area (TPSA) is 102 Å². The maximum Gasteiger partial charge on any atom is 0.328 e. The van der Waals surface area contributed by atoms with E-state index in [-0.39, 0.29) is 0 Å². The van der Waals surface area contributed by atoms with E-state index in [1.165, 1.54) is 16.7 Å². The van der Waals surface area contributed by atoms with Crippen LogP contribution in [0.1, 0.15) is 11.1 Å². The average Bonchev–Trinajstić information content (AvgIpc) is 2.98. The van der Waals surface area contributed by atoms with Crippen LogP contribution >= 0.6 is 11.6 Å². The Morgan fingerprint density at radius 3 is 2.28 bits per heavy atom. The van der Waals surface area contributed by atoms with Crippen LogP contribution < -0.4 is 5.32 Å². The van der Waals surface area contributed by atoms with Crippen molar-refractivity contribution in [3.8, 4) is 0 Å². The van der Waals surface area contributed by atoms with Crippen molar-refractivity contribution in [2.75, 3.05) is 26.2 Å². The first-order chi connectivity index (χ1) is 15.4. The van der Waals surface area contributed by atoms with Crippen molar-refractivity contribution in [2.45, 2.75) is 6.42 Å². The number of carbonyl (C=O) groups is 2. The van der Waals surface area contributed by atoms with Gasteiger partial charge in [0.2, 0.25) is 0 Å². The molecule has 0 amide bonds. The second-order valence-electron chi connectivity index (χ2n) is 7.14. The van der Waals surface area contributed by atoms with Gasteiger partial charge < -0.3 is 20.4 Å². The highest BCUT2D eigenvalue weighted by molar-refractivity contribution is 6.31. The number of aliphatic carboxylic acids is 2. The number of nitrogens with zero attached hydrogens (tertiary/aromatic N) is 2. The number of allylic oxidation sites excluding steroid dienone is 1. The van der Waals surface area contributed by atoms with Gasteiger partial charge in [-0.15, -0.1) is 0 Å². The molecule has 8 heteroatoms. The molecule has 0 bridgehead atoms. The van der Waals surface area contributed by atoms with Gasteiger partial charge >= 0.3 is 11.9 Å². The van der Waals surface area contributed by atoms with Gasteiger partial charge in [-0.25, -0.2) is 14.6 Å². The fraction of sp³-hybridized carbons (Fsp3) is 0.208. The van der Waals surface area contributed by atoms with Crippen LogP contribution in [0.25, 0.3) is 5.57 Å². The van der Waals surface area contributed by atoms with E-state index in [0.717, 1.165) is 49.1 Å². The first-order valence-electron chi connectivity index (χ1n) is 10.2. The zero-order chi connectivity index (χ0) is 22.9. The van der Waals surface area contributed by atoms with Crippen molar-refractivity contribution in [1.29, 1.82) is 0 Å². The zero-order valence-electron chi connectivity index (χ0n) is 17.4. The maximum absolute atomic E-state index is 9.55. The second-order valence-corrected chi connectivity index (χ2v) is 7.58. The van der Waals surface area contributed by atoms with Crippen LogP contribution in [-0.4, -0.2) is 59.1 Å². The summed E-state index contributed by atoms with van der Waals surface area (Å²) < 4.78 is 0. The van der Waals surface area contributed by atoms with Crippen LogP contribution in [0.15, 0.2) is 71.8 Å². The molecule has 2 aliphatic heterocycles. The van der Waals surface area contributed by atoms with Gasteiger partial charge in [-0.2, -0.15) is 0 Å². The lowest BCUT2D eigenvalue weighted by molar-refractivity contribution is -0.134. The lowest BCUT2D eigenvalue weighted by atomic mass is 10.0. The summed E-state index contributed by atoms with van der Waals surface area (Å²) in [5.41, 5.74) is 4.63. The first-order valence-corrected chi connectivity index (χ1v) is 10.5. The van der Waals surface area contributed by atoms with Crippen molar-refractivity contribution < 1.29 is 19.8 Å². The minimum atomic E-state index is -1.26. The summed E-state index contributed by atoms with van der Waals surface area (Å²) in [4.78, 5) is 26.5. The lowest BCUT2D eigenvalue weighted by Crippen LogP contribution is -2.46. The normalized spacial score (nSPS) is 15.6. The van der Waals surface area contributed by atoms with E-state index >= 15 is 0 Å². The molecule has 2 aromatic rings. The van der Waals surface area contributed by atoms with E-state index in [0.29, 0.717) is 12.2 Å². The van der Waals surface area contributed by atoms with Gasteiger partial charge in [0.15, 0.2) is 0 Å². The summed E-state index contributed by atoms with van der Waals surface area (Å²) >= 11 is 6.21. The Balaban J connectivity index is 0.000000312. The Labute approximate surface area is 191 Å². The van der Waals surface area contributed by atoms with Gasteiger partial charge in [0.1, 0.15) is 5.84 Å². The van der Waals surface area contributed by atoms with E-state index in [1.807, 2.05) is 12.1 Å². The fourth-order valence-corrected chi connectivity index (χ4v) is 3.58. The Morgan fingerprint density at radius 1 is 1.00 bits per heavy atom. The second kappa shape index (κ2) is 11.3. The van der Waals surface area contributed by atoms with Gasteiger partial charge in [0.05, 0.1) is 5.69 Å². The Bertz CT molecular complexity index is 1040. The van der Waals surface area contributed by atoms with E-state index in [2.05, 4.69) is 52.7 Å². The third-order valence-electron chi connectivity index (χ3n) is 4.91. The Kier molecular flexibility index (Phi) is 8.19. The molecule has 0 spiro atoms. The van der Waals surface area contributed by atoms with E-state index in [9.17, 15) is 9.59 Å². The predicted molar refractivity (Wildman–Crippen MR) is 126 cm³/mol. The summed E-state index contributed by atoms with van der Waals surface area (Å²) in [5, 5.41) is 19.8. The number of piperazine rings is 1. The summed E-state index contributed by atoms with van der Waals surface area (Å²) in [7, 11) is 0. The minimum absolute atomic E-state index is 0.558. The summed E-state index contributed by atoms with van der Waals surface area (Å²) in [5.74, 6) is -1.46. The monoisotopic (exact) mass is 453 g/mol. The van der Waals surface area contributed by atoms with Crippen molar-refractivity contribution in [3.05, 3.63) is 82.9 Å². The van der Waals surface area contributed by atoms with E-state index in [4.69, 9.17) is 26.8 Å². The number of hydrogen-bond acceptors (Lipinski definition) is 5. The molecule has 3 N–H and O–H groups in total. The molecule has 0 radical (unpaired) electrons. The molecule has 0 atom stereocenters. The highest BCUT2D eigenvalue weighted by atomic mass is 35.5. The molecule has 7 nitrogen and oxygen atoms in total. The van der Waals surface area contributed by atoms with Gasteiger partial charge in [-0.05, 0) is 29.7 Å². The van der Waals surface area contributed by atoms with Gasteiger partial charge in [0.25, 0.3) is 0 Å². The molecule has 0 aliphatic carbocycles. The number of carboxylic acid groups (broad SMARTS) is 2. The standard InChI is InChI=1S/C20H20ClN3.C4H4O4/c21-17-8-6-16-7-9-18(15-4-2-1-3-5-15)20(23-19(16)14-17)24-12-10-22-11-13-24;5-3(6)1-2-4(7)8/h1-6,8-9,14,22H,7,10-13H2;1-2H,(H,5,6)(H,7,8)/b;2-1+. The number of fused-ring (bicyclic) bond motifs is 1. The van der Waals surface area contributed by atoms with Crippen LogP contribution in [0.3, 0.4) is 0 Å². The Hall–Kier alpha value is -3.42. The molecule has 2 aliphatic rings. The molecule has 4 rings (SSSR count). The fourth-order valence-electron chi connectivity index (χ4n) is 3.42. The number of carboxylic acids is 2. The molecule has 166 valence electrons. The molecule has 0 aromatic heterocycles. The highest BCUT2D eigenvalue weighted by Crippen LogP contribution is 2.31. The van der Waals surface area contributed by atoms with Crippen LogP contribution in [0.4, 0.5) is 5.69 Å². The summed E-state index contributed by atoms with van der Waals surface area (Å²) in [6, 6.07) is 16.5. The smallest absolute Gasteiger partial charge is 0.328 e. The SMILES string of the molecule is Clc1ccc2c(c1)N=C(N1CCNCC1)C(c1ccccc1)=CC2.O=C(O)/C=C/C(=O)O. The van der Waals surface area contributed by atoms with Crippen LogP contribution in [-0.2, 0) is 16.0 Å².